The summed E-state index contributed by atoms with van der Waals surface area (Å²) in [6, 6.07) is 28.3. The Morgan fingerprint density at radius 2 is 1.58 bits per heavy atom. The normalized spacial score (nSPS) is 11.7. The number of hydrogen-bond acceptors (Lipinski definition) is 3. The molecule has 166 valence electrons. The van der Waals surface area contributed by atoms with E-state index in [0.717, 1.165) is 21.4 Å². The van der Waals surface area contributed by atoms with Crippen LogP contribution in [-0.2, 0) is 4.79 Å². The number of carbonyl (C=O) groups excluding carboxylic acids is 2. The molecule has 4 aromatic rings. The standard InChI is InChI=1S/C27H23ClN2O2S/c1-2-25(27(32)30-23-14-13-18-7-3-4-8-19(18)16-23)33-24-12-6-11-22(17-24)29-26(31)20-9-5-10-21(28)15-20/h3-17,25H,2H2,1H3,(H,29,31)(H,30,32). The van der Waals surface area contributed by atoms with E-state index in [1.165, 1.54) is 11.8 Å². The SMILES string of the molecule is CCC(Sc1cccc(NC(=O)c2cccc(Cl)c2)c1)C(=O)Nc1ccc2ccccc2c1. The van der Waals surface area contributed by atoms with E-state index >= 15 is 0 Å². The molecule has 0 saturated carbocycles. The van der Waals surface area contributed by atoms with E-state index in [4.69, 9.17) is 11.6 Å². The maximum atomic E-state index is 12.9. The Morgan fingerprint density at radius 3 is 2.36 bits per heavy atom. The van der Waals surface area contributed by atoms with Gasteiger partial charge in [-0.3, -0.25) is 9.59 Å². The zero-order chi connectivity index (χ0) is 23.2. The van der Waals surface area contributed by atoms with E-state index in [2.05, 4.69) is 10.6 Å². The molecule has 0 aliphatic heterocycles. The number of benzene rings is 4. The highest BCUT2D eigenvalue weighted by Gasteiger charge is 2.18. The summed E-state index contributed by atoms with van der Waals surface area (Å²) in [6.45, 7) is 1.99. The first-order valence-corrected chi connectivity index (χ1v) is 11.9. The fourth-order valence-electron chi connectivity index (χ4n) is 3.46. The lowest BCUT2D eigenvalue weighted by Crippen LogP contribution is -2.24. The lowest BCUT2D eigenvalue weighted by atomic mass is 10.1. The van der Waals surface area contributed by atoms with Crippen molar-refractivity contribution in [3.63, 3.8) is 0 Å². The number of amides is 2. The molecule has 0 spiro atoms. The molecule has 6 heteroatoms. The van der Waals surface area contributed by atoms with E-state index < -0.39 is 0 Å². The predicted molar refractivity (Wildman–Crippen MR) is 138 cm³/mol. The van der Waals surface area contributed by atoms with Crippen LogP contribution in [0.3, 0.4) is 0 Å². The second-order valence-corrected chi connectivity index (χ2v) is 9.27. The molecule has 2 N–H and O–H groups in total. The summed E-state index contributed by atoms with van der Waals surface area (Å²) in [5.41, 5.74) is 1.93. The first-order valence-electron chi connectivity index (χ1n) is 10.6. The van der Waals surface area contributed by atoms with Gasteiger partial charge in [-0.05, 0) is 65.7 Å². The van der Waals surface area contributed by atoms with Gasteiger partial charge >= 0.3 is 0 Å². The first kappa shape index (κ1) is 22.9. The summed E-state index contributed by atoms with van der Waals surface area (Å²) >= 11 is 7.46. The first-order chi connectivity index (χ1) is 16.0. The third kappa shape index (κ3) is 5.95. The molecule has 1 unspecified atom stereocenters. The van der Waals surface area contributed by atoms with Gasteiger partial charge < -0.3 is 10.6 Å². The molecule has 2 amide bonds. The van der Waals surface area contributed by atoms with E-state index in [-0.39, 0.29) is 17.1 Å². The summed E-state index contributed by atoms with van der Waals surface area (Å²) in [4.78, 5) is 26.4. The lowest BCUT2D eigenvalue weighted by Gasteiger charge is -2.16. The Bertz CT molecular complexity index is 1310. The number of rotatable bonds is 7. The molecular formula is C27H23ClN2O2S. The third-order valence-electron chi connectivity index (χ3n) is 5.14. The molecular weight excluding hydrogens is 452 g/mol. The number of nitrogens with one attached hydrogen (secondary N) is 2. The van der Waals surface area contributed by atoms with Gasteiger partial charge in [-0.1, -0.05) is 61.0 Å². The summed E-state index contributed by atoms with van der Waals surface area (Å²) in [7, 11) is 0. The molecule has 1 atom stereocenters. The van der Waals surface area contributed by atoms with Crippen LogP contribution in [0.15, 0.2) is 95.9 Å². The smallest absolute Gasteiger partial charge is 0.255 e. The fraction of sp³-hybridized carbons (Fsp3) is 0.111. The van der Waals surface area contributed by atoms with Crippen LogP contribution in [0.4, 0.5) is 11.4 Å². The molecule has 4 nitrogen and oxygen atoms in total. The molecule has 0 aliphatic rings. The van der Waals surface area contributed by atoms with Crippen molar-refractivity contribution in [3.8, 4) is 0 Å². The van der Waals surface area contributed by atoms with E-state index in [9.17, 15) is 9.59 Å². The molecule has 0 bridgehead atoms. The van der Waals surface area contributed by atoms with Crippen LogP contribution in [0.2, 0.25) is 5.02 Å². The number of carbonyl (C=O) groups is 2. The molecule has 0 fully saturated rings. The van der Waals surface area contributed by atoms with Gasteiger partial charge in [-0.15, -0.1) is 11.8 Å². The van der Waals surface area contributed by atoms with Crippen molar-refractivity contribution >= 4 is 57.3 Å². The van der Waals surface area contributed by atoms with Gasteiger partial charge in [0.05, 0.1) is 5.25 Å². The maximum Gasteiger partial charge on any atom is 0.255 e. The second kappa shape index (κ2) is 10.6. The van der Waals surface area contributed by atoms with Crippen LogP contribution in [0.1, 0.15) is 23.7 Å². The molecule has 0 aliphatic carbocycles. The van der Waals surface area contributed by atoms with Crippen molar-refractivity contribution in [2.24, 2.45) is 0 Å². The van der Waals surface area contributed by atoms with Crippen molar-refractivity contribution < 1.29 is 9.59 Å². The van der Waals surface area contributed by atoms with Crippen LogP contribution in [0.5, 0.6) is 0 Å². The molecule has 0 aromatic heterocycles. The van der Waals surface area contributed by atoms with Gasteiger partial charge in [0.1, 0.15) is 0 Å². The van der Waals surface area contributed by atoms with Crippen molar-refractivity contribution in [1.29, 1.82) is 0 Å². The predicted octanol–water partition coefficient (Wildman–Crippen LogP) is 7.25. The van der Waals surface area contributed by atoms with E-state index in [1.807, 2.05) is 73.7 Å². The van der Waals surface area contributed by atoms with Crippen LogP contribution in [0.25, 0.3) is 10.8 Å². The second-order valence-electron chi connectivity index (χ2n) is 7.56. The molecule has 4 rings (SSSR count). The Hall–Kier alpha value is -3.28. The van der Waals surface area contributed by atoms with E-state index in [1.54, 1.807) is 24.3 Å². The third-order valence-corrected chi connectivity index (χ3v) is 6.73. The van der Waals surface area contributed by atoms with Gasteiger partial charge in [0.15, 0.2) is 0 Å². The Labute approximate surface area is 202 Å². The highest BCUT2D eigenvalue weighted by atomic mass is 35.5. The summed E-state index contributed by atoms with van der Waals surface area (Å²) in [6.07, 6.45) is 0.670. The minimum Gasteiger partial charge on any atom is -0.325 e. The van der Waals surface area contributed by atoms with Gasteiger partial charge in [0.2, 0.25) is 5.91 Å². The monoisotopic (exact) mass is 474 g/mol. The largest absolute Gasteiger partial charge is 0.325 e. The molecule has 33 heavy (non-hydrogen) atoms. The number of thioether (sulfide) groups is 1. The zero-order valence-corrected chi connectivity index (χ0v) is 19.6. The van der Waals surface area contributed by atoms with Crippen LogP contribution in [0, 0.1) is 0 Å². The van der Waals surface area contributed by atoms with E-state index in [0.29, 0.717) is 22.7 Å². The average molecular weight is 475 g/mol. The minimum absolute atomic E-state index is 0.0499. The van der Waals surface area contributed by atoms with Crippen molar-refractivity contribution in [2.45, 2.75) is 23.5 Å². The summed E-state index contributed by atoms with van der Waals surface area (Å²) in [5, 5.41) is 8.39. The Balaban J connectivity index is 1.43. The van der Waals surface area contributed by atoms with Crippen molar-refractivity contribution in [2.75, 3.05) is 10.6 Å². The minimum atomic E-state index is -0.268. The molecule has 0 radical (unpaired) electrons. The molecule has 4 aromatic carbocycles. The van der Waals surface area contributed by atoms with Gasteiger partial charge in [-0.2, -0.15) is 0 Å². The fourth-order valence-corrected chi connectivity index (χ4v) is 4.66. The summed E-state index contributed by atoms with van der Waals surface area (Å²) < 4.78 is 0. The van der Waals surface area contributed by atoms with Crippen molar-refractivity contribution in [1.82, 2.24) is 0 Å². The average Bonchev–Trinajstić information content (AvgIpc) is 2.82. The van der Waals surface area contributed by atoms with Gasteiger partial charge in [0.25, 0.3) is 5.91 Å². The number of fused-ring (bicyclic) bond motifs is 1. The van der Waals surface area contributed by atoms with Gasteiger partial charge in [-0.25, -0.2) is 0 Å². The van der Waals surface area contributed by atoms with Gasteiger partial charge in [0, 0.05) is 26.9 Å². The number of hydrogen-bond donors (Lipinski definition) is 2. The highest BCUT2D eigenvalue weighted by Crippen LogP contribution is 2.29. The highest BCUT2D eigenvalue weighted by molar-refractivity contribution is 8.00. The quantitative estimate of drug-likeness (QED) is 0.277. The maximum absolute atomic E-state index is 12.9. The Morgan fingerprint density at radius 1 is 0.818 bits per heavy atom. The topological polar surface area (TPSA) is 58.2 Å². The van der Waals surface area contributed by atoms with Crippen molar-refractivity contribution in [3.05, 3.63) is 102 Å². The molecule has 0 heterocycles. The number of anilines is 2. The number of halogens is 1. The van der Waals surface area contributed by atoms with Crippen LogP contribution in [-0.4, -0.2) is 17.1 Å². The lowest BCUT2D eigenvalue weighted by molar-refractivity contribution is -0.115. The molecule has 0 saturated heterocycles. The zero-order valence-electron chi connectivity index (χ0n) is 18.0. The summed E-state index contributed by atoms with van der Waals surface area (Å²) in [5.74, 6) is -0.285. The Kier molecular flexibility index (Phi) is 7.33. The van der Waals surface area contributed by atoms with Crippen LogP contribution >= 0.6 is 23.4 Å². The van der Waals surface area contributed by atoms with Crippen LogP contribution < -0.4 is 10.6 Å².